The smallest absolute Gasteiger partial charge is 0.337 e. The summed E-state index contributed by atoms with van der Waals surface area (Å²) < 4.78 is 26.0. The van der Waals surface area contributed by atoms with E-state index in [1.807, 2.05) is 13.8 Å². The van der Waals surface area contributed by atoms with Gasteiger partial charge in [0.2, 0.25) is 10.0 Å². The number of para-hydroxylation sites is 1. The minimum Gasteiger partial charge on any atom is -0.478 e. The molecule has 0 bridgehead atoms. The van der Waals surface area contributed by atoms with Crippen LogP contribution >= 0.6 is 0 Å². The molecule has 0 atom stereocenters. The number of rotatable bonds is 8. The van der Waals surface area contributed by atoms with Crippen molar-refractivity contribution in [1.82, 2.24) is 0 Å². The SMILES string of the molecule is CCCCS(=O)(=O)N(CCC)c1ccccc1C(=O)O. The van der Waals surface area contributed by atoms with Gasteiger partial charge in [-0.2, -0.15) is 0 Å². The minimum absolute atomic E-state index is 0.0148. The third kappa shape index (κ3) is 3.96. The summed E-state index contributed by atoms with van der Waals surface area (Å²) in [7, 11) is -3.49. The van der Waals surface area contributed by atoms with Gasteiger partial charge in [0.25, 0.3) is 0 Å². The lowest BCUT2D eigenvalue weighted by Crippen LogP contribution is -2.34. The molecule has 0 amide bonds. The summed E-state index contributed by atoms with van der Waals surface area (Å²) in [5.74, 6) is -1.08. The Balaban J connectivity index is 3.24. The first-order valence-corrected chi connectivity index (χ1v) is 8.37. The second kappa shape index (κ2) is 7.28. The number of sulfonamides is 1. The summed E-state index contributed by atoms with van der Waals surface area (Å²) in [6.45, 7) is 4.08. The number of carbonyl (C=O) groups is 1. The zero-order chi connectivity index (χ0) is 15.2. The molecule has 20 heavy (non-hydrogen) atoms. The third-order valence-corrected chi connectivity index (χ3v) is 4.78. The first kappa shape index (κ1) is 16.5. The zero-order valence-corrected chi connectivity index (χ0v) is 12.7. The molecule has 5 nitrogen and oxygen atoms in total. The molecule has 1 aromatic carbocycles. The van der Waals surface area contributed by atoms with Gasteiger partial charge in [-0.25, -0.2) is 13.2 Å². The van der Waals surface area contributed by atoms with Crippen LogP contribution in [0.1, 0.15) is 43.5 Å². The summed E-state index contributed by atoms with van der Waals surface area (Å²) in [4.78, 5) is 11.2. The molecule has 112 valence electrons. The predicted octanol–water partition coefficient (Wildman–Crippen LogP) is 2.73. The normalized spacial score (nSPS) is 11.3. The Hall–Kier alpha value is -1.56. The second-order valence-electron chi connectivity index (χ2n) is 4.56. The van der Waals surface area contributed by atoms with Crippen molar-refractivity contribution in [2.24, 2.45) is 0 Å². The minimum atomic E-state index is -3.49. The second-order valence-corrected chi connectivity index (χ2v) is 6.58. The molecule has 1 aromatic rings. The Kier molecular flexibility index (Phi) is 6.01. The van der Waals surface area contributed by atoms with Crippen molar-refractivity contribution < 1.29 is 18.3 Å². The van der Waals surface area contributed by atoms with E-state index in [0.29, 0.717) is 12.8 Å². The molecule has 0 aliphatic carbocycles. The van der Waals surface area contributed by atoms with Gasteiger partial charge in [-0.1, -0.05) is 32.4 Å². The van der Waals surface area contributed by atoms with Crippen LogP contribution in [0, 0.1) is 0 Å². The number of benzene rings is 1. The van der Waals surface area contributed by atoms with E-state index in [4.69, 9.17) is 0 Å². The third-order valence-electron chi connectivity index (χ3n) is 2.92. The average Bonchev–Trinajstić information content (AvgIpc) is 2.42. The summed E-state index contributed by atoms with van der Waals surface area (Å²) in [5.41, 5.74) is 0.263. The number of anilines is 1. The fraction of sp³-hybridized carbons (Fsp3) is 0.500. The van der Waals surface area contributed by atoms with E-state index in [1.54, 1.807) is 18.2 Å². The maximum Gasteiger partial charge on any atom is 0.337 e. The van der Waals surface area contributed by atoms with Crippen molar-refractivity contribution in [3.05, 3.63) is 29.8 Å². The van der Waals surface area contributed by atoms with Crippen molar-refractivity contribution in [3.8, 4) is 0 Å². The van der Waals surface area contributed by atoms with Gasteiger partial charge in [0, 0.05) is 6.54 Å². The molecule has 0 aliphatic rings. The monoisotopic (exact) mass is 299 g/mol. The fourth-order valence-corrected chi connectivity index (χ4v) is 3.71. The maximum absolute atomic E-state index is 12.4. The Morgan fingerprint density at radius 3 is 2.40 bits per heavy atom. The molecule has 0 unspecified atom stereocenters. The van der Waals surface area contributed by atoms with E-state index in [0.717, 1.165) is 6.42 Å². The summed E-state index contributed by atoms with van der Waals surface area (Å²) in [5, 5.41) is 9.20. The molecule has 0 aromatic heterocycles. The number of hydrogen-bond donors (Lipinski definition) is 1. The molecule has 1 N–H and O–H groups in total. The van der Waals surface area contributed by atoms with Crippen LogP contribution < -0.4 is 4.31 Å². The molecule has 0 radical (unpaired) electrons. The maximum atomic E-state index is 12.4. The summed E-state index contributed by atoms with van der Waals surface area (Å²) >= 11 is 0. The highest BCUT2D eigenvalue weighted by molar-refractivity contribution is 7.92. The number of carboxylic acids is 1. The molecule has 0 spiro atoms. The molecular weight excluding hydrogens is 278 g/mol. The number of nitrogens with zero attached hydrogens (tertiary/aromatic N) is 1. The van der Waals surface area contributed by atoms with Gasteiger partial charge < -0.3 is 5.11 Å². The highest BCUT2D eigenvalue weighted by Crippen LogP contribution is 2.24. The Morgan fingerprint density at radius 2 is 1.85 bits per heavy atom. The van der Waals surface area contributed by atoms with Gasteiger partial charge in [0.1, 0.15) is 0 Å². The number of aromatic carboxylic acids is 1. The summed E-state index contributed by atoms with van der Waals surface area (Å²) in [6.07, 6.45) is 1.97. The quantitative estimate of drug-likeness (QED) is 0.801. The van der Waals surface area contributed by atoms with E-state index >= 15 is 0 Å². The lowest BCUT2D eigenvalue weighted by atomic mass is 10.2. The highest BCUT2D eigenvalue weighted by atomic mass is 32.2. The van der Waals surface area contributed by atoms with Crippen LogP contribution in [0.3, 0.4) is 0 Å². The van der Waals surface area contributed by atoms with Crippen molar-refractivity contribution in [3.63, 3.8) is 0 Å². The molecule has 1 rings (SSSR count). The van der Waals surface area contributed by atoms with Crippen molar-refractivity contribution in [2.75, 3.05) is 16.6 Å². The van der Waals surface area contributed by atoms with E-state index in [-0.39, 0.29) is 23.5 Å². The lowest BCUT2D eigenvalue weighted by Gasteiger charge is -2.25. The van der Waals surface area contributed by atoms with E-state index in [1.165, 1.54) is 10.4 Å². The van der Waals surface area contributed by atoms with Gasteiger partial charge in [-0.15, -0.1) is 0 Å². The molecule has 0 saturated carbocycles. The van der Waals surface area contributed by atoms with Crippen LogP contribution in [0.5, 0.6) is 0 Å². The standard InChI is InChI=1S/C14H21NO4S/c1-3-5-11-20(18,19)15(10-4-2)13-9-7-6-8-12(13)14(16)17/h6-9H,3-5,10-11H2,1-2H3,(H,16,17). The molecule has 0 saturated heterocycles. The first-order chi connectivity index (χ1) is 9.44. The van der Waals surface area contributed by atoms with E-state index in [2.05, 4.69) is 0 Å². The largest absolute Gasteiger partial charge is 0.478 e. The number of hydrogen-bond acceptors (Lipinski definition) is 3. The molecule has 0 aliphatic heterocycles. The van der Waals surface area contributed by atoms with Gasteiger partial charge in [-0.05, 0) is 25.0 Å². The molecule has 0 heterocycles. The Labute approximate surface area is 120 Å². The number of unbranched alkanes of at least 4 members (excludes halogenated alkanes) is 1. The highest BCUT2D eigenvalue weighted by Gasteiger charge is 2.25. The average molecular weight is 299 g/mol. The van der Waals surface area contributed by atoms with Gasteiger partial charge in [0.15, 0.2) is 0 Å². The number of carboxylic acid groups (broad SMARTS) is 1. The van der Waals surface area contributed by atoms with Crippen molar-refractivity contribution in [1.29, 1.82) is 0 Å². The lowest BCUT2D eigenvalue weighted by molar-refractivity contribution is 0.0698. The van der Waals surface area contributed by atoms with E-state index < -0.39 is 16.0 Å². The zero-order valence-electron chi connectivity index (χ0n) is 11.9. The van der Waals surface area contributed by atoms with Crippen molar-refractivity contribution in [2.45, 2.75) is 33.1 Å². The van der Waals surface area contributed by atoms with E-state index in [9.17, 15) is 18.3 Å². The van der Waals surface area contributed by atoms with Crippen LogP contribution in [-0.4, -0.2) is 31.8 Å². The first-order valence-electron chi connectivity index (χ1n) is 6.76. The topological polar surface area (TPSA) is 74.7 Å². The summed E-state index contributed by atoms with van der Waals surface area (Å²) in [6, 6.07) is 6.22. The predicted molar refractivity (Wildman–Crippen MR) is 79.7 cm³/mol. The van der Waals surface area contributed by atoms with Gasteiger partial charge in [0.05, 0.1) is 17.0 Å². The van der Waals surface area contributed by atoms with Crippen LogP contribution in [-0.2, 0) is 10.0 Å². The molecular formula is C14H21NO4S. The molecule has 0 fully saturated rings. The van der Waals surface area contributed by atoms with Crippen LogP contribution in [0.2, 0.25) is 0 Å². The Morgan fingerprint density at radius 1 is 1.20 bits per heavy atom. The van der Waals surface area contributed by atoms with Crippen molar-refractivity contribution >= 4 is 21.7 Å². The van der Waals surface area contributed by atoms with Crippen LogP contribution in [0.15, 0.2) is 24.3 Å². The molecule has 6 heteroatoms. The fourth-order valence-electron chi connectivity index (χ4n) is 1.92. The van der Waals surface area contributed by atoms with Crippen LogP contribution in [0.4, 0.5) is 5.69 Å². The van der Waals surface area contributed by atoms with Gasteiger partial charge in [-0.3, -0.25) is 4.31 Å². The van der Waals surface area contributed by atoms with Gasteiger partial charge >= 0.3 is 5.97 Å². The Bertz CT molecular complexity index is 554. The van der Waals surface area contributed by atoms with Crippen LogP contribution in [0.25, 0.3) is 0 Å².